The molecule has 3 heteroatoms. The second-order valence-electron chi connectivity index (χ2n) is 5.12. The fraction of sp³-hybridized carbons (Fsp3) is 0.571. The molecule has 1 aromatic rings. The van der Waals surface area contributed by atoms with Crippen LogP contribution >= 0.6 is 0 Å². The van der Waals surface area contributed by atoms with Gasteiger partial charge in [0.1, 0.15) is 0 Å². The molecule has 1 N–H and O–H groups in total. The molecule has 2 atom stereocenters. The number of rotatable bonds is 3. The highest BCUT2D eigenvalue weighted by Crippen LogP contribution is 2.23. The van der Waals surface area contributed by atoms with E-state index in [4.69, 9.17) is 0 Å². The van der Waals surface area contributed by atoms with Crippen molar-refractivity contribution in [2.45, 2.75) is 25.5 Å². The summed E-state index contributed by atoms with van der Waals surface area (Å²) in [6.45, 7) is 4.02. The molecule has 1 aliphatic rings. The lowest BCUT2D eigenvalue weighted by atomic mass is 10.1. The number of anilines is 1. The molecule has 0 saturated carbocycles. The monoisotopic (exact) mass is 234 g/mol. The Kier molecular flexibility index (Phi) is 3.69. The van der Waals surface area contributed by atoms with Crippen LogP contribution in [0.25, 0.3) is 0 Å². The minimum absolute atomic E-state index is 0.378. The van der Waals surface area contributed by atoms with E-state index in [1.807, 2.05) is 12.1 Å². The van der Waals surface area contributed by atoms with Crippen molar-refractivity contribution < 1.29 is 5.11 Å². The Bertz CT molecular complexity index is 359. The third-order valence-corrected chi connectivity index (χ3v) is 3.63. The molecule has 1 aromatic carbocycles. The third kappa shape index (κ3) is 2.79. The quantitative estimate of drug-likeness (QED) is 0.865. The van der Waals surface area contributed by atoms with Crippen LogP contribution in [-0.2, 0) is 0 Å². The summed E-state index contributed by atoms with van der Waals surface area (Å²) in [5.41, 5.74) is 2.25. The molecule has 1 heterocycles. The van der Waals surface area contributed by atoms with Crippen molar-refractivity contribution >= 4 is 5.69 Å². The number of hydrogen-bond acceptors (Lipinski definition) is 3. The average Bonchev–Trinajstić information content (AvgIpc) is 2.78. The molecule has 3 nitrogen and oxygen atoms in total. The maximum Gasteiger partial charge on any atom is 0.0761 e. The van der Waals surface area contributed by atoms with Gasteiger partial charge in [0.25, 0.3) is 0 Å². The van der Waals surface area contributed by atoms with Crippen molar-refractivity contribution in [1.82, 2.24) is 4.90 Å². The van der Waals surface area contributed by atoms with Crippen molar-refractivity contribution in [2.24, 2.45) is 0 Å². The molecule has 0 aromatic heterocycles. The molecule has 17 heavy (non-hydrogen) atoms. The van der Waals surface area contributed by atoms with Gasteiger partial charge in [-0.2, -0.15) is 0 Å². The van der Waals surface area contributed by atoms with Crippen LogP contribution in [0.15, 0.2) is 24.3 Å². The van der Waals surface area contributed by atoms with Crippen LogP contribution < -0.4 is 4.90 Å². The van der Waals surface area contributed by atoms with E-state index in [0.29, 0.717) is 6.04 Å². The minimum Gasteiger partial charge on any atom is -0.389 e. The lowest BCUT2D eigenvalue weighted by Crippen LogP contribution is -2.31. The van der Waals surface area contributed by atoms with Crippen molar-refractivity contribution in [2.75, 3.05) is 32.1 Å². The molecule has 94 valence electrons. The van der Waals surface area contributed by atoms with E-state index in [2.05, 4.69) is 36.0 Å². The first-order valence-electron chi connectivity index (χ1n) is 6.27. The van der Waals surface area contributed by atoms with Gasteiger partial charge in [-0.3, -0.25) is 0 Å². The predicted molar refractivity (Wildman–Crippen MR) is 71.4 cm³/mol. The first kappa shape index (κ1) is 12.4. The van der Waals surface area contributed by atoms with Crippen LogP contribution in [0, 0.1) is 0 Å². The molecule has 1 saturated heterocycles. The topological polar surface area (TPSA) is 26.7 Å². The molecule has 0 amide bonds. The molecular weight excluding hydrogens is 212 g/mol. The van der Waals surface area contributed by atoms with Crippen molar-refractivity contribution in [3.63, 3.8) is 0 Å². The fourth-order valence-corrected chi connectivity index (χ4v) is 2.36. The van der Waals surface area contributed by atoms with Gasteiger partial charge in [0.2, 0.25) is 0 Å². The predicted octanol–water partition coefficient (Wildman–Crippen LogP) is 1.88. The standard InChI is InChI=1S/C14H22N2O/c1-11(17)12-4-6-13(7-5-12)16-9-8-14(10-16)15(2)3/h4-7,11,14,17H,8-10H2,1-3H3/t11-,14?/m0/s1. The molecule has 2 rings (SSSR count). The summed E-state index contributed by atoms with van der Waals surface area (Å²) >= 11 is 0. The first-order chi connectivity index (χ1) is 8.08. The van der Waals surface area contributed by atoms with Crippen LogP contribution in [0.5, 0.6) is 0 Å². The van der Waals surface area contributed by atoms with Gasteiger partial charge in [0.15, 0.2) is 0 Å². The number of likely N-dealkylation sites (N-methyl/N-ethyl adjacent to an activating group) is 1. The SMILES string of the molecule is C[C@H](O)c1ccc(N2CCC(N(C)C)C2)cc1. The van der Waals surface area contributed by atoms with Crippen LogP contribution in [0.3, 0.4) is 0 Å². The molecule has 0 spiro atoms. The zero-order valence-electron chi connectivity index (χ0n) is 10.9. The van der Waals surface area contributed by atoms with Gasteiger partial charge in [-0.25, -0.2) is 0 Å². The smallest absolute Gasteiger partial charge is 0.0761 e. The zero-order chi connectivity index (χ0) is 12.4. The van der Waals surface area contributed by atoms with Crippen LogP contribution in [-0.4, -0.2) is 43.2 Å². The number of aliphatic hydroxyl groups is 1. The van der Waals surface area contributed by atoms with Gasteiger partial charge in [0.05, 0.1) is 6.10 Å². The van der Waals surface area contributed by atoms with E-state index in [1.165, 1.54) is 12.1 Å². The molecular formula is C14H22N2O. The van der Waals surface area contributed by atoms with Crippen LogP contribution in [0.2, 0.25) is 0 Å². The van der Waals surface area contributed by atoms with Crippen molar-refractivity contribution in [3.8, 4) is 0 Å². The highest BCUT2D eigenvalue weighted by Gasteiger charge is 2.23. The zero-order valence-corrected chi connectivity index (χ0v) is 10.9. The molecule has 1 fully saturated rings. The summed E-state index contributed by atoms with van der Waals surface area (Å²) in [5, 5.41) is 9.47. The molecule has 0 radical (unpaired) electrons. The summed E-state index contributed by atoms with van der Waals surface area (Å²) in [7, 11) is 4.29. The van der Waals surface area contributed by atoms with Gasteiger partial charge in [-0.05, 0) is 45.1 Å². The minimum atomic E-state index is -0.378. The van der Waals surface area contributed by atoms with E-state index in [1.54, 1.807) is 6.92 Å². The average molecular weight is 234 g/mol. The van der Waals surface area contributed by atoms with Crippen molar-refractivity contribution in [1.29, 1.82) is 0 Å². The summed E-state index contributed by atoms with van der Waals surface area (Å²) in [5.74, 6) is 0. The largest absolute Gasteiger partial charge is 0.389 e. The van der Waals surface area contributed by atoms with Crippen molar-refractivity contribution in [3.05, 3.63) is 29.8 Å². The van der Waals surface area contributed by atoms with E-state index >= 15 is 0 Å². The summed E-state index contributed by atoms with van der Waals surface area (Å²) in [4.78, 5) is 4.71. The number of aliphatic hydroxyl groups excluding tert-OH is 1. The Labute approximate surface area is 104 Å². The van der Waals surface area contributed by atoms with E-state index in [9.17, 15) is 5.11 Å². The van der Waals surface area contributed by atoms with Gasteiger partial charge < -0.3 is 14.9 Å². The summed E-state index contributed by atoms with van der Waals surface area (Å²) in [6.07, 6.45) is 0.850. The molecule has 1 unspecified atom stereocenters. The number of hydrogen-bond donors (Lipinski definition) is 1. The van der Waals surface area contributed by atoms with Crippen LogP contribution in [0.1, 0.15) is 25.0 Å². The Morgan fingerprint density at radius 2 is 1.94 bits per heavy atom. The lowest BCUT2D eigenvalue weighted by Gasteiger charge is -2.22. The second-order valence-corrected chi connectivity index (χ2v) is 5.12. The number of nitrogens with zero attached hydrogens (tertiary/aromatic N) is 2. The number of benzene rings is 1. The van der Waals surface area contributed by atoms with Gasteiger partial charge in [-0.15, -0.1) is 0 Å². The highest BCUT2D eigenvalue weighted by molar-refractivity contribution is 5.49. The third-order valence-electron chi connectivity index (χ3n) is 3.63. The van der Waals surface area contributed by atoms with E-state index in [-0.39, 0.29) is 6.10 Å². The Morgan fingerprint density at radius 3 is 2.41 bits per heavy atom. The van der Waals surface area contributed by atoms with Gasteiger partial charge in [0, 0.05) is 24.8 Å². The Morgan fingerprint density at radius 1 is 1.29 bits per heavy atom. The molecule has 1 aliphatic heterocycles. The Balaban J connectivity index is 2.04. The second kappa shape index (κ2) is 5.07. The van der Waals surface area contributed by atoms with E-state index in [0.717, 1.165) is 18.7 Å². The van der Waals surface area contributed by atoms with Gasteiger partial charge in [-0.1, -0.05) is 12.1 Å². The van der Waals surface area contributed by atoms with Crippen LogP contribution in [0.4, 0.5) is 5.69 Å². The first-order valence-corrected chi connectivity index (χ1v) is 6.27. The highest BCUT2D eigenvalue weighted by atomic mass is 16.3. The maximum atomic E-state index is 9.47. The van der Waals surface area contributed by atoms with E-state index < -0.39 is 0 Å². The van der Waals surface area contributed by atoms with Gasteiger partial charge >= 0.3 is 0 Å². The fourth-order valence-electron chi connectivity index (χ4n) is 2.36. The molecule has 0 aliphatic carbocycles. The maximum absolute atomic E-state index is 9.47. The Hall–Kier alpha value is -1.06. The lowest BCUT2D eigenvalue weighted by molar-refractivity contribution is 0.199. The summed E-state index contributed by atoms with van der Waals surface area (Å²) in [6, 6.07) is 8.91. The molecule has 0 bridgehead atoms. The normalized spacial score (nSPS) is 22.2. The summed E-state index contributed by atoms with van der Waals surface area (Å²) < 4.78 is 0.